The van der Waals surface area contributed by atoms with Crippen molar-refractivity contribution in [3.8, 4) is 5.75 Å². The molecule has 2 aromatic carbocycles. The third kappa shape index (κ3) is 5.92. The fourth-order valence-corrected chi connectivity index (χ4v) is 4.55. The van der Waals surface area contributed by atoms with Gasteiger partial charge in [-0.05, 0) is 38.2 Å². The molecule has 0 spiro atoms. The van der Waals surface area contributed by atoms with E-state index in [1.54, 1.807) is 32.2 Å². The Morgan fingerprint density at radius 3 is 2.76 bits per heavy atom. The van der Waals surface area contributed by atoms with E-state index in [1.807, 2.05) is 48.7 Å². The molecule has 4 rings (SSSR count). The lowest BCUT2D eigenvalue weighted by Crippen LogP contribution is -2.45. The van der Waals surface area contributed by atoms with Crippen LogP contribution in [0.5, 0.6) is 5.75 Å². The van der Waals surface area contributed by atoms with E-state index < -0.39 is 17.9 Å². The molecule has 10 heteroatoms. The van der Waals surface area contributed by atoms with Crippen LogP contribution in [0.4, 0.5) is 0 Å². The van der Waals surface area contributed by atoms with Crippen LogP contribution in [0.3, 0.4) is 0 Å². The van der Waals surface area contributed by atoms with Crippen molar-refractivity contribution < 1.29 is 19.1 Å². The average Bonchev–Trinajstić information content (AvgIpc) is 3.25. The molecule has 3 N–H and O–H groups in total. The number of fused-ring (bicyclic) bond motifs is 1. The molecule has 1 aliphatic rings. The number of thiocarbonyl (C=S) groups is 1. The molecule has 196 valence electrons. The number of hydrazone groups is 1. The quantitative estimate of drug-likeness (QED) is 0.120. The highest BCUT2D eigenvalue weighted by Crippen LogP contribution is 2.33. The first-order valence-corrected chi connectivity index (χ1v) is 12.5. The Hall–Kier alpha value is -4.44. The van der Waals surface area contributed by atoms with E-state index in [0.29, 0.717) is 34.2 Å². The van der Waals surface area contributed by atoms with Crippen LogP contribution in [0, 0.1) is 0 Å². The van der Waals surface area contributed by atoms with Gasteiger partial charge in [0.25, 0.3) is 5.91 Å². The summed E-state index contributed by atoms with van der Waals surface area (Å²) in [6.45, 7) is 7.93. The average molecular weight is 532 g/mol. The first kappa shape index (κ1) is 26.6. The Kier molecular flexibility index (Phi) is 8.55. The Balaban J connectivity index is 1.46. The van der Waals surface area contributed by atoms with Crippen molar-refractivity contribution in [2.75, 3.05) is 13.2 Å². The second-order valence-electron chi connectivity index (χ2n) is 8.45. The van der Waals surface area contributed by atoms with Crippen molar-refractivity contribution in [1.82, 2.24) is 20.6 Å². The highest BCUT2D eigenvalue weighted by molar-refractivity contribution is 7.80. The summed E-state index contributed by atoms with van der Waals surface area (Å²) in [4.78, 5) is 25.2. The number of rotatable bonds is 10. The first-order chi connectivity index (χ1) is 18.4. The van der Waals surface area contributed by atoms with Crippen LogP contribution < -0.4 is 20.8 Å². The highest BCUT2D eigenvalue weighted by atomic mass is 32.1. The third-order valence-corrected chi connectivity index (χ3v) is 6.11. The van der Waals surface area contributed by atoms with Gasteiger partial charge in [0.05, 0.1) is 24.4 Å². The second kappa shape index (κ2) is 12.2. The number of nitrogens with zero attached hydrogens (tertiary/aromatic N) is 2. The minimum atomic E-state index is -0.604. The van der Waals surface area contributed by atoms with Gasteiger partial charge in [0.1, 0.15) is 5.75 Å². The van der Waals surface area contributed by atoms with E-state index in [1.165, 1.54) is 0 Å². The summed E-state index contributed by atoms with van der Waals surface area (Å²) in [5.41, 5.74) is 6.06. The first-order valence-electron chi connectivity index (χ1n) is 12.1. The summed E-state index contributed by atoms with van der Waals surface area (Å²) in [6, 6.07) is 14.5. The lowest BCUT2D eigenvalue weighted by atomic mass is 9.95. The van der Waals surface area contributed by atoms with E-state index in [9.17, 15) is 9.59 Å². The lowest BCUT2D eigenvalue weighted by Gasteiger charge is -2.30. The van der Waals surface area contributed by atoms with Gasteiger partial charge < -0.3 is 24.7 Å². The molecule has 9 nitrogen and oxygen atoms in total. The SMILES string of the molecule is C=CCn1cc(C=NNC(=O)COc2ccccc2[C@H]2NC(=S)NC(C)=C2C(=O)OCC)c2ccccc21. The van der Waals surface area contributed by atoms with Crippen molar-refractivity contribution in [2.24, 2.45) is 5.10 Å². The smallest absolute Gasteiger partial charge is 0.338 e. The molecular formula is C28H29N5O4S. The van der Waals surface area contributed by atoms with Gasteiger partial charge in [0.15, 0.2) is 11.7 Å². The van der Waals surface area contributed by atoms with E-state index in [4.69, 9.17) is 21.7 Å². The summed E-state index contributed by atoms with van der Waals surface area (Å²) in [7, 11) is 0. The van der Waals surface area contributed by atoms with Crippen LogP contribution in [-0.4, -0.2) is 41.0 Å². The van der Waals surface area contributed by atoms with E-state index in [-0.39, 0.29) is 13.2 Å². The highest BCUT2D eigenvalue weighted by Gasteiger charge is 2.32. The van der Waals surface area contributed by atoms with Crippen molar-refractivity contribution in [1.29, 1.82) is 0 Å². The molecule has 1 atom stereocenters. The van der Waals surface area contributed by atoms with Gasteiger partial charge in [0.2, 0.25) is 0 Å². The van der Waals surface area contributed by atoms with E-state index in [2.05, 4.69) is 32.3 Å². The fourth-order valence-electron chi connectivity index (χ4n) is 4.27. The summed E-state index contributed by atoms with van der Waals surface area (Å²) >= 11 is 5.31. The summed E-state index contributed by atoms with van der Waals surface area (Å²) in [5.74, 6) is -0.471. The van der Waals surface area contributed by atoms with Gasteiger partial charge in [-0.15, -0.1) is 6.58 Å². The molecule has 3 aromatic rings. The Morgan fingerprint density at radius 2 is 1.97 bits per heavy atom. The zero-order chi connectivity index (χ0) is 27.1. The minimum Gasteiger partial charge on any atom is -0.483 e. The molecule has 1 amide bonds. The number of hydrogen-bond acceptors (Lipinski definition) is 6. The van der Waals surface area contributed by atoms with E-state index >= 15 is 0 Å². The largest absolute Gasteiger partial charge is 0.483 e. The molecule has 38 heavy (non-hydrogen) atoms. The molecule has 2 heterocycles. The zero-order valence-electron chi connectivity index (χ0n) is 21.2. The number of para-hydroxylation sites is 2. The minimum absolute atomic E-state index is 0.236. The second-order valence-corrected chi connectivity index (χ2v) is 8.86. The maximum absolute atomic E-state index is 12.7. The molecule has 1 aliphatic heterocycles. The van der Waals surface area contributed by atoms with Crippen LogP contribution in [0.15, 0.2) is 83.8 Å². The van der Waals surface area contributed by atoms with Gasteiger partial charge in [-0.2, -0.15) is 5.10 Å². The van der Waals surface area contributed by atoms with Gasteiger partial charge in [-0.25, -0.2) is 10.2 Å². The number of hydrogen-bond donors (Lipinski definition) is 3. The Bertz CT molecular complexity index is 1440. The van der Waals surface area contributed by atoms with Gasteiger partial charge in [0, 0.05) is 40.5 Å². The number of nitrogens with one attached hydrogen (secondary N) is 3. The molecule has 0 aliphatic carbocycles. The number of ether oxygens (including phenoxy) is 2. The van der Waals surface area contributed by atoms with Crippen LogP contribution >= 0.6 is 12.2 Å². The topological polar surface area (TPSA) is 106 Å². The number of carbonyl (C=O) groups excluding carboxylic acids is 2. The Morgan fingerprint density at radius 1 is 1.21 bits per heavy atom. The van der Waals surface area contributed by atoms with Gasteiger partial charge >= 0.3 is 5.97 Å². The molecule has 0 fully saturated rings. The lowest BCUT2D eigenvalue weighted by molar-refractivity contribution is -0.139. The molecule has 0 saturated heterocycles. The van der Waals surface area contributed by atoms with Gasteiger partial charge in [-0.1, -0.05) is 42.5 Å². The Labute approximate surface area is 226 Å². The third-order valence-electron chi connectivity index (χ3n) is 5.89. The molecular weight excluding hydrogens is 502 g/mol. The predicted octanol–water partition coefficient (Wildman–Crippen LogP) is 3.71. The zero-order valence-corrected chi connectivity index (χ0v) is 22.0. The monoisotopic (exact) mass is 531 g/mol. The molecule has 0 radical (unpaired) electrons. The molecule has 1 aromatic heterocycles. The van der Waals surface area contributed by atoms with Crippen molar-refractivity contribution in [3.05, 3.63) is 89.8 Å². The summed E-state index contributed by atoms with van der Waals surface area (Å²) < 4.78 is 13.2. The van der Waals surface area contributed by atoms with Crippen molar-refractivity contribution in [2.45, 2.75) is 26.4 Å². The van der Waals surface area contributed by atoms with Crippen LogP contribution in [0.2, 0.25) is 0 Å². The number of amides is 1. The van der Waals surface area contributed by atoms with Crippen LogP contribution in [-0.2, 0) is 20.9 Å². The van der Waals surface area contributed by atoms with Gasteiger partial charge in [-0.3, -0.25) is 4.79 Å². The molecule has 0 unspecified atom stereocenters. The normalized spacial score (nSPS) is 15.2. The standard InChI is InChI=1S/C28H29N5O4S/c1-4-14-33-16-19(20-10-6-8-12-22(20)33)15-29-32-24(34)17-37-23-13-9-7-11-21(23)26-25(27(35)36-5-2)18(3)30-28(38)31-26/h4,6-13,15-16,26H,1,5,14,17H2,2-3H3,(H,32,34)(H2,30,31,38)/t26-/m1/s1. The maximum Gasteiger partial charge on any atom is 0.338 e. The van der Waals surface area contributed by atoms with Crippen molar-refractivity contribution in [3.63, 3.8) is 0 Å². The molecule has 0 bridgehead atoms. The summed E-state index contributed by atoms with van der Waals surface area (Å²) in [6.07, 6.45) is 5.39. The number of allylic oxidation sites excluding steroid dienone is 2. The predicted molar refractivity (Wildman–Crippen MR) is 151 cm³/mol. The number of benzene rings is 2. The van der Waals surface area contributed by atoms with Crippen LogP contribution in [0.25, 0.3) is 10.9 Å². The summed E-state index contributed by atoms with van der Waals surface area (Å²) in [5, 5.41) is 11.6. The number of aromatic nitrogens is 1. The number of esters is 1. The van der Waals surface area contributed by atoms with Crippen molar-refractivity contribution >= 4 is 46.3 Å². The fraction of sp³-hybridized carbons (Fsp3) is 0.214. The maximum atomic E-state index is 12.7. The molecule has 0 saturated carbocycles. The van der Waals surface area contributed by atoms with E-state index in [0.717, 1.165) is 16.5 Å². The van der Waals surface area contributed by atoms with Crippen LogP contribution in [0.1, 0.15) is 31.0 Å². The number of carbonyl (C=O) groups is 2.